The van der Waals surface area contributed by atoms with Crippen LogP contribution in [0, 0.1) is 0 Å². The Morgan fingerprint density at radius 3 is 2.53 bits per heavy atom. The monoisotopic (exact) mass is 221 g/mol. The molecule has 0 N–H and O–H groups in total. The Kier molecular flexibility index (Phi) is 1.90. The van der Waals surface area contributed by atoms with E-state index in [1.807, 2.05) is 0 Å². The molecule has 17 heavy (non-hydrogen) atoms. The van der Waals surface area contributed by atoms with Gasteiger partial charge in [-0.25, -0.2) is 0 Å². The summed E-state index contributed by atoms with van der Waals surface area (Å²) < 4.78 is 0. The molecule has 0 saturated heterocycles. The molecule has 1 aromatic carbocycles. The Hall–Kier alpha value is -1.63. The molecule has 1 heterocycles. The number of nitrogens with zero attached hydrogens (tertiary/aromatic N) is 1. The van der Waals surface area contributed by atoms with E-state index in [4.69, 9.17) is 0 Å². The van der Waals surface area contributed by atoms with Crippen molar-refractivity contribution >= 4 is 0 Å². The largest absolute Gasteiger partial charge is 0.256 e. The number of benzene rings is 1. The van der Waals surface area contributed by atoms with Gasteiger partial charge in [-0.3, -0.25) is 4.98 Å². The van der Waals surface area contributed by atoms with Crippen molar-refractivity contribution in [3.8, 4) is 11.3 Å². The number of fused-ring (bicyclic) bond motifs is 5. The highest BCUT2D eigenvalue weighted by atomic mass is 14.7. The Labute approximate surface area is 102 Å². The molecule has 0 aliphatic heterocycles. The normalized spacial score (nSPS) is 24.9. The van der Waals surface area contributed by atoms with Crippen LogP contribution in [0.4, 0.5) is 0 Å². The van der Waals surface area contributed by atoms with Crippen LogP contribution in [0.1, 0.15) is 42.2 Å². The summed E-state index contributed by atoms with van der Waals surface area (Å²) in [6, 6.07) is 12.8. The molecule has 84 valence electrons. The van der Waals surface area contributed by atoms with Crippen molar-refractivity contribution in [3.63, 3.8) is 0 Å². The second-order valence-corrected chi connectivity index (χ2v) is 5.27. The molecule has 2 aliphatic carbocycles. The number of hydrogen-bond acceptors (Lipinski definition) is 1. The Bertz CT molecular complexity index is 559. The lowest BCUT2D eigenvalue weighted by Crippen LogP contribution is -1.99. The summed E-state index contributed by atoms with van der Waals surface area (Å²) in [5.41, 5.74) is 5.48. The fraction of sp³-hybridized carbons (Fsp3) is 0.312. The van der Waals surface area contributed by atoms with Gasteiger partial charge in [-0.2, -0.15) is 0 Å². The third-order valence-corrected chi connectivity index (χ3v) is 4.35. The van der Waals surface area contributed by atoms with Crippen molar-refractivity contribution in [2.24, 2.45) is 0 Å². The van der Waals surface area contributed by atoms with Crippen LogP contribution in [-0.2, 0) is 0 Å². The van der Waals surface area contributed by atoms with Crippen molar-refractivity contribution < 1.29 is 0 Å². The van der Waals surface area contributed by atoms with Crippen molar-refractivity contribution in [3.05, 3.63) is 53.7 Å². The molecular formula is C16H15N. The second-order valence-electron chi connectivity index (χ2n) is 5.27. The molecule has 2 aromatic rings. The third kappa shape index (κ3) is 1.35. The van der Waals surface area contributed by atoms with E-state index in [9.17, 15) is 0 Å². The summed E-state index contributed by atoms with van der Waals surface area (Å²) in [5, 5.41) is 0. The van der Waals surface area contributed by atoms with E-state index in [1.165, 1.54) is 30.4 Å². The maximum absolute atomic E-state index is 4.64. The van der Waals surface area contributed by atoms with Crippen molar-refractivity contribution in [1.82, 2.24) is 4.98 Å². The fourth-order valence-corrected chi connectivity index (χ4v) is 3.49. The van der Waals surface area contributed by atoms with Gasteiger partial charge in [0.2, 0.25) is 0 Å². The highest BCUT2D eigenvalue weighted by Gasteiger charge is 2.37. The average Bonchev–Trinajstić information content (AvgIpc) is 3.01. The molecule has 1 nitrogen and oxygen atoms in total. The minimum atomic E-state index is 0.812. The predicted molar refractivity (Wildman–Crippen MR) is 69.0 cm³/mol. The Morgan fingerprint density at radius 1 is 0.941 bits per heavy atom. The van der Waals surface area contributed by atoms with Crippen LogP contribution in [-0.4, -0.2) is 4.98 Å². The molecule has 1 fully saturated rings. The standard InChI is InChI=1S/C16H15N/c1-2-4-11(5-3-1)16-9-14-12-6-7-13(8-12)15(14)10-17-16/h1-5,9-10,12-13H,6-8H2/t12-,13-/m0/s1. The van der Waals surface area contributed by atoms with E-state index >= 15 is 0 Å². The first-order chi connectivity index (χ1) is 8.42. The van der Waals surface area contributed by atoms with Gasteiger partial charge in [-0.05, 0) is 48.3 Å². The number of rotatable bonds is 1. The molecule has 1 heteroatoms. The Balaban J connectivity index is 1.83. The van der Waals surface area contributed by atoms with Gasteiger partial charge >= 0.3 is 0 Å². The van der Waals surface area contributed by atoms with Crippen LogP contribution in [0.2, 0.25) is 0 Å². The van der Waals surface area contributed by atoms with Gasteiger partial charge in [-0.1, -0.05) is 30.3 Å². The molecular weight excluding hydrogens is 206 g/mol. The molecule has 2 aliphatic rings. The second kappa shape index (κ2) is 3.43. The van der Waals surface area contributed by atoms with E-state index in [-0.39, 0.29) is 0 Å². The number of hydrogen-bond donors (Lipinski definition) is 0. The highest BCUT2D eigenvalue weighted by Crippen LogP contribution is 2.53. The maximum Gasteiger partial charge on any atom is 0.0705 e. The van der Waals surface area contributed by atoms with Gasteiger partial charge in [0.15, 0.2) is 0 Å². The number of aromatic nitrogens is 1. The molecule has 2 bridgehead atoms. The van der Waals surface area contributed by atoms with Crippen LogP contribution in [0.3, 0.4) is 0 Å². The summed E-state index contributed by atoms with van der Waals surface area (Å²) in [6.07, 6.45) is 6.26. The average molecular weight is 221 g/mol. The maximum atomic E-state index is 4.64. The van der Waals surface area contributed by atoms with E-state index in [1.54, 1.807) is 5.56 Å². The fourth-order valence-electron chi connectivity index (χ4n) is 3.49. The summed E-state index contributed by atoms with van der Waals surface area (Å²) in [4.78, 5) is 4.64. The minimum Gasteiger partial charge on any atom is -0.256 e. The van der Waals surface area contributed by atoms with E-state index in [2.05, 4.69) is 47.6 Å². The van der Waals surface area contributed by atoms with Crippen molar-refractivity contribution in [1.29, 1.82) is 0 Å². The third-order valence-electron chi connectivity index (χ3n) is 4.35. The molecule has 4 rings (SSSR count). The molecule has 2 atom stereocenters. The molecule has 1 saturated carbocycles. The summed E-state index contributed by atoms with van der Waals surface area (Å²) >= 11 is 0. The first-order valence-electron chi connectivity index (χ1n) is 6.47. The molecule has 0 spiro atoms. The topological polar surface area (TPSA) is 12.9 Å². The van der Waals surface area contributed by atoms with Crippen molar-refractivity contribution in [2.45, 2.75) is 31.1 Å². The number of pyridine rings is 1. The lowest BCUT2D eigenvalue weighted by atomic mass is 9.92. The lowest BCUT2D eigenvalue weighted by Gasteiger charge is -2.15. The first kappa shape index (κ1) is 9.41. The summed E-state index contributed by atoms with van der Waals surface area (Å²) in [7, 11) is 0. The van der Waals surface area contributed by atoms with Crippen LogP contribution in [0.15, 0.2) is 42.6 Å². The lowest BCUT2D eigenvalue weighted by molar-refractivity contribution is 0.714. The van der Waals surface area contributed by atoms with Crippen LogP contribution >= 0.6 is 0 Å². The smallest absolute Gasteiger partial charge is 0.0705 e. The Morgan fingerprint density at radius 2 is 1.71 bits per heavy atom. The van der Waals surface area contributed by atoms with Gasteiger partial charge in [0, 0.05) is 11.8 Å². The SMILES string of the molecule is c1ccc(-c2cc3c(cn2)[C@H]2CC[C@H]3C2)cc1. The van der Waals surface area contributed by atoms with Crippen LogP contribution in [0.5, 0.6) is 0 Å². The summed E-state index contributed by atoms with van der Waals surface area (Å²) in [6.45, 7) is 0. The molecule has 0 amide bonds. The van der Waals surface area contributed by atoms with Crippen molar-refractivity contribution in [2.75, 3.05) is 0 Å². The molecule has 0 radical (unpaired) electrons. The summed E-state index contributed by atoms with van der Waals surface area (Å²) in [5.74, 6) is 1.63. The van der Waals surface area contributed by atoms with E-state index < -0.39 is 0 Å². The van der Waals surface area contributed by atoms with Crippen LogP contribution in [0.25, 0.3) is 11.3 Å². The van der Waals surface area contributed by atoms with Gasteiger partial charge in [0.1, 0.15) is 0 Å². The van der Waals surface area contributed by atoms with E-state index in [0.29, 0.717) is 0 Å². The van der Waals surface area contributed by atoms with Gasteiger partial charge in [0.05, 0.1) is 5.69 Å². The highest BCUT2D eigenvalue weighted by molar-refractivity contribution is 5.61. The first-order valence-corrected chi connectivity index (χ1v) is 6.47. The van der Waals surface area contributed by atoms with Gasteiger partial charge in [0.25, 0.3) is 0 Å². The molecule has 0 unspecified atom stereocenters. The predicted octanol–water partition coefficient (Wildman–Crippen LogP) is 4.11. The van der Waals surface area contributed by atoms with Crippen LogP contribution < -0.4 is 0 Å². The quantitative estimate of drug-likeness (QED) is 0.706. The van der Waals surface area contributed by atoms with Gasteiger partial charge in [-0.15, -0.1) is 0 Å². The molecule has 1 aromatic heterocycles. The zero-order valence-electron chi connectivity index (χ0n) is 9.76. The van der Waals surface area contributed by atoms with Gasteiger partial charge < -0.3 is 0 Å². The van der Waals surface area contributed by atoms with E-state index in [0.717, 1.165) is 17.5 Å². The zero-order valence-corrected chi connectivity index (χ0v) is 9.76. The zero-order chi connectivity index (χ0) is 11.2. The minimum absolute atomic E-state index is 0.812.